The molecule has 1 saturated heterocycles. The summed E-state index contributed by atoms with van der Waals surface area (Å²) in [6.07, 6.45) is 1.73. The molecule has 0 aromatic heterocycles. The van der Waals surface area contributed by atoms with Gasteiger partial charge in [-0.15, -0.1) is 0 Å². The second-order valence-corrected chi connectivity index (χ2v) is 4.78. The smallest absolute Gasteiger partial charge is 0.238 e. The van der Waals surface area contributed by atoms with Crippen LogP contribution in [0.4, 0.5) is 5.69 Å². The molecule has 2 amide bonds. The van der Waals surface area contributed by atoms with E-state index in [1.807, 2.05) is 31.2 Å². The van der Waals surface area contributed by atoms with Crippen molar-refractivity contribution in [1.29, 1.82) is 0 Å². The van der Waals surface area contributed by atoms with Gasteiger partial charge in [0.2, 0.25) is 11.8 Å². The number of hydrogen-bond acceptors (Lipinski definition) is 3. The van der Waals surface area contributed by atoms with E-state index in [0.717, 1.165) is 30.6 Å². The quantitative estimate of drug-likeness (QED) is 0.751. The maximum absolute atomic E-state index is 11.7. The molecule has 1 aromatic carbocycles. The van der Waals surface area contributed by atoms with Crippen LogP contribution >= 0.6 is 0 Å². The van der Waals surface area contributed by atoms with E-state index >= 15 is 0 Å². The third-order valence-corrected chi connectivity index (χ3v) is 3.13. The lowest BCUT2D eigenvalue weighted by Gasteiger charge is -2.22. The molecular formula is C14H19N3O2. The van der Waals surface area contributed by atoms with Crippen LogP contribution in [-0.2, 0) is 9.59 Å². The van der Waals surface area contributed by atoms with Crippen LogP contribution in [-0.4, -0.2) is 30.9 Å². The van der Waals surface area contributed by atoms with Crippen LogP contribution in [0.3, 0.4) is 0 Å². The summed E-state index contributed by atoms with van der Waals surface area (Å²) in [4.78, 5) is 23.2. The van der Waals surface area contributed by atoms with Gasteiger partial charge in [0, 0.05) is 12.2 Å². The Morgan fingerprint density at radius 3 is 2.79 bits per heavy atom. The van der Waals surface area contributed by atoms with Crippen LogP contribution in [0, 0.1) is 6.92 Å². The zero-order chi connectivity index (χ0) is 13.7. The third kappa shape index (κ3) is 4.06. The largest absolute Gasteiger partial charge is 0.355 e. The van der Waals surface area contributed by atoms with Gasteiger partial charge < -0.3 is 10.6 Å². The number of hydrogen-bond donors (Lipinski definition) is 3. The fourth-order valence-electron chi connectivity index (χ4n) is 2.02. The highest BCUT2D eigenvalue weighted by atomic mass is 16.2. The van der Waals surface area contributed by atoms with Gasteiger partial charge in [0.15, 0.2) is 0 Å². The van der Waals surface area contributed by atoms with Gasteiger partial charge in [0.05, 0.1) is 12.6 Å². The minimum Gasteiger partial charge on any atom is -0.355 e. The number of anilines is 1. The molecule has 5 heteroatoms. The van der Waals surface area contributed by atoms with Gasteiger partial charge in [-0.05, 0) is 31.9 Å². The zero-order valence-corrected chi connectivity index (χ0v) is 11.0. The number of benzene rings is 1. The van der Waals surface area contributed by atoms with Crippen molar-refractivity contribution in [3.63, 3.8) is 0 Å². The highest BCUT2D eigenvalue weighted by Crippen LogP contribution is 2.08. The first-order valence-electron chi connectivity index (χ1n) is 6.53. The van der Waals surface area contributed by atoms with E-state index in [1.165, 1.54) is 0 Å². The topological polar surface area (TPSA) is 70.2 Å². The van der Waals surface area contributed by atoms with Crippen molar-refractivity contribution >= 4 is 17.5 Å². The Hall–Kier alpha value is -1.88. The van der Waals surface area contributed by atoms with Crippen LogP contribution in [0.5, 0.6) is 0 Å². The molecule has 1 fully saturated rings. The number of piperidine rings is 1. The molecule has 1 aliphatic heterocycles. The third-order valence-electron chi connectivity index (χ3n) is 3.13. The lowest BCUT2D eigenvalue weighted by Crippen LogP contribution is -2.50. The van der Waals surface area contributed by atoms with E-state index < -0.39 is 0 Å². The van der Waals surface area contributed by atoms with Crippen molar-refractivity contribution in [2.24, 2.45) is 0 Å². The van der Waals surface area contributed by atoms with E-state index in [0.29, 0.717) is 0 Å². The molecule has 1 atom stereocenters. The van der Waals surface area contributed by atoms with Crippen LogP contribution < -0.4 is 16.0 Å². The van der Waals surface area contributed by atoms with Gasteiger partial charge in [0.1, 0.15) is 0 Å². The Balaban J connectivity index is 1.78. The van der Waals surface area contributed by atoms with Crippen molar-refractivity contribution in [3.8, 4) is 0 Å². The molecule has 19 heavy (non-hydrogen) atoms. The summed E-state index contributed by atoms with van der Waals surface area (Å²) < 4.78 is 0. The average Bonchev–Trinajstić information content (AvgIpc) is 2.40. The highest BCUT2D eigenvalue weighted by molar-refractivity contribution is 5.92. The van der Waals surface area contributed by atoms with Crippen molar-refractivity contribution in [2.45, 2.75) is 25.8 Å². The first-order chi connectivity index (χ1) is 9.15. The molecular weight excluding hydrogens is 242 g/mol. The van der Waals surface area contributed by atoms with Crippen molar-refractivity contribution in [3.05, 3.63) is 29.8 Å². The standard InChI is InChI=1S/C14H19N3O2/c1-10-4-6-11(7-5-10)17-13(18)9-16-12-3-2-8-15-14(12)19/h4-7,12,16H,2-3,8-9H2,1H3,(H,15,19)(H,17,18). The molecule has 1 unspecified atom stereocenters. The highest BCUT2D eigenvalue weighted by Gasteiger charge is 2.21. The molecule has 0 aliphatic carbocycles. The van der Waals surface area contributed by atoms with Crippen LogP contribution in [0.2, 0.25) is 0 Å². The summed E-state index contributed by atoms with van der Waals surface area (Å²) in [6.45, 7) is 2.87. The molecule has 0 saturated carbocycles. The van der Waals surface area contributed by atoms with Crippen LogP contribution in [0.25, 0.3) is 0 Å². The number of aryl methyl sites for hydroxylation is 1. The van der Waals surface area contributed by atoms with Crippen LogP contribution in [0.15, 0.2) is 24.3 Å². The predicted molar refractivity (Wildman–Crippen MR) is 73.8 cm³/mol. The van der Waals surface area contributed by atoms with Gasteiger partial charge in [-0.3, -0.25) is 14.9 Å². The normalized spacial score (nSPS) is 18.8. The Kier molecular flexibility index (Phi) is 4.52. The molecule has 0 spiro atoms. The first kappa shape index (κ1) is 13.5. The zero-order valence-electron chi connectivity index (χ0n) is 11.0. The van der Waals surface area contributed by atoms with E-state index in [1.54, 1.807) is 0 Å². The number of carbonyl (C=O) groups is 2. The minimum absolute atomic E-state index is 0.0191. The van der Waals surface area contributed by atoms with E-state index in [-0.39, 0.29) is 24.4 Å². The van der Waals surface area contributed by atoms with E-state index in [4.69, 9.17) is 0 Å². The maximum Gasteiger partial charge on any atom is 0.238 e. The Labute approximate surface area is 112 Å². The minimum atomic E-state index is -0.252. The fraction of sp³-hybridized carbons (Fsp3) is 0.429. The first-order valence-corrected chi connectivity index (χ1v) is 6.53. The summed E-state index contributed by atoms with van der Waals surface area (Å²) in [5, 5.41) is 8.55. The Morgan fingerprint density at radius 1 is 1.37 bits per heavy atom. The second kappa shape index (κ2) is 6.33. The van der Waals surface area contributed by atoms with Gasteiger partial charge >= 0.3 is 0 Å². The summed E-state index contributed by atoms with van der Waals surface area (Å²) in [5.41, 5.74) is 1.92. The van der Waals surface area contributed by atoms with Crippen molar-refractivity contribution < 1.29 is 9.59 Å². The Bertz CT molecular complexity index is 456. The summed E-state index contributed by atoms with van der Waals surface area (Å²) in [7, 11) is 0. The second-order valence-electron chi connectivity index (χ2n) is 4.78. The van der Waals surface area contributed by atoms with Gasteiger partial charge in [-0.25, -0.2) is 0 Å². The molecule has 0 radical (unpaired) electrons. The lowest BCUT2D eigenvalue weighted by atomic mass is 10.1. The monoisotopic (exact) mass is 261 g/mol. The van der Waals surface area contributed by atoms with Crippen LogP contribution in [0.1, 0.15) is 18.4 Å². The summed E-state index contributed by atoms with van der Waals surface area (Å²) in [5.74, 6) is -0.156. The van der Waals surface area contributed by atoms with Crippen molar-refractivity contribution in [2.75, 3.05) is 18.4 Å². The van der Waals surface area contributed by atoms with Gasteiger partial charge in [-0.2, -0.15) is 0 Å². The molecule has 1 heterocycles. The number of nitrogens with one attached hydrogen (secondary N) is 3. The van der Waals surface area contributed by atoms with Gasteiger partial charge in [-0.1, -0.05) is 17.7 Å². The maximum atomic E-state index is 11.7. The predicted octanol–water partition coefficient (Wildman–Crippen LogP) is 0.802. The molecule has 3 N–H and O–H groups in total. The Morgan fingerprint density at radius 2 is 2.11 bits per heavy atom. The molecule has 1 aromatic rings. The number of amides is 2. The molecule has 5 nitrogen and oxygen atoms in total. The summed E-state index contributed by atoms with van der Waals surface area (Å²) >= 11 is 0. The molecule has 102 valence electrons. The molecule has 0 bridgehead atoms. The SMILES string of the molecule is Cc1ccc(NC(=O)CNC2CCCNC2=O)cc1. The number of rotatable bonds is 4. The summed E-state index contributed by atoms with van der Waals surface area (Å²) in [6, 6.07) is 7.36. The molecule has 2 rings (SSSR count). The average molecular weight is 261 g/mol. The van der Waals surface area contributed by atoms with Crippen molar-refractivity contribution in [1.82, 2.24) is 10.6 Å². The fourth-order valence-corrected chi connectivity index (χ4v) is 2.02. The van der Waals surface area contributed by atoms with Gasteiger partial charge in [0.25, 0.3) is 0 Å². The van der Waals surface area contributed by atoms with E-state index in [9.17, 15) is 9.59 Å². The number of carbonyl (C=O) groups excluding carboxylic acids is 2. The van der Waals surface area contributed by atoms with E-state index in [2.05, 4.69) is 16.0 Å². The lowest BCUT2D eigenvalue weighted by molar-refractivity contribution is -0.124. The molecule has 1 aliphatic rings.